The third-order valence-electron chi connectivity index (χ3n) is 5.78. The average molecular weight is 367 g/mol. The Kier molecular flexibility index (Phi) is 5.29. The van der Waals surface area contributed by atoms with Gasteiger partial charge >= 0.3 is 0 Å². The van der Waals surface area contributed by atoms with Gasteiger partial charge in [0.25, 0.3) is 0 Å². The molecule has 1 unspecified atom stereocenters. The molecule has 0 aromatic heterocycles. The molecule has 1 aliphatic heterocycles. The Labute approximate surface area is 164 Å². The summed E-state index contributed by atoms with van der Waals surface area (Å²) in [6, 6.07) is 15.2. The van der Waals surface area contributed by atoms with Crippen molar-refractivity contribution in [3.63, 3.8) is 0 Å². The molecule has 0 bridgehead atoms. The Hall–Kier alpha value is -1.96. The minimum Gasteiger partial charge on any atom is -0.490 e. The molecule has 0 saturated carbocycles. The number of fused-ring (bicyclic) bond motifs is 1. The summed E-state index contributed by atoms with van der Waals surface area (Å²) in [5.41, 5.74) is 4.02. The number of ether oxygens (including phenoxy) is 2. The first-order valence-electron chi connectivity index (χ1n) is 10.1. The summed E-state index contributed by atoms with van der Waals surface area (Å²) in [7, 11) is 0. The molecule has 27 heavy (non-hydrogen) atoms. The van der Waals surface area contributed by atoms with E-state index >= 15 is 0 Å². The Morgan fingerprint density at radius 3 is 2.19 bits per heavy atom. The minimum atomic E-state index is -0.119. The number of hydrogen-bond donors (Lipinski definition) is 0. The standard InChI is InChI=1S/C25H34O2/c1-17(2)18-12-13-21-22(16-18)26-15-14-23(27-21)25(6,7)20-11-9-8-10-19(20)24(3,4)5/h8-13,16-17,23H,14-15H2,1-7H3. The van der Waals surface area contributed by atoms with E-state index in [2.05, 4.69) is 90.9 Å². The van der Waals surface area contributed by atoms with Crippen molar-refractivity contribution in [1.29, 1.82) is 0 Å². The quantitative estimate of drug-likeness (QED) is 0.608. The molecule has 0 spiro atoms. The molecule has 0 saturated heterocycles. The van der Waals surface area contributed by atoms with Gasteiger partial charge in [-0.3, -0.25) is 0 Å². The first-order chi connectivity index (χ1) is 12.6. The van der Waals surface area contributed by atoms with E-state index < -0.39 is 0 Å². The predicted octanol–water partition coefficient (Wildman–Crippen LogP) is 6.62. The zero-order chi connectivity index (χ0) is 19.8. The van der Waals surface area contributed by atoms with Gasteiger partial charge in [-0.1, -0.05) is 78.8 Å². The third kappa shape index (κ3) is 4.00. The van der Waals surface area contributed by atoms with Crippen LogP contribution in [0.5, 0.6) is 11.5 Å². The van der Waals surface area contributed by atoms with Crippen molar-refractivity contribution in [2.75, 3.05) is 6.61 Å². The van der Waals surface area contributed by atoms with Gasteiger partial charge < -0.3 is 9.47 Å². The highest BCUT2D eigenvalue weighted by Gasteiger charge is 2.38. The van der Waals surface area contributed by atoms with E-state index in [1.54, 1.807) is 0 Å². The Balaban J connectivity index is 1.97. The molecule has 2 nitrogen and oxygen atoms in total. The van der Waals surface area contributed by atoms with Crippen LogP contribution in [0.4, 0.5) is 0 Å². The SMILES string of the molecule is CC(C)c1ccc2c(c1)OCCC(C(C)(C)c1ccccc1C(C)(C)C)O2. The minimum absolute atomic E-state index is 0.0622. The van der Waals surface area contributed by atoms with Crippen LogP contribution in [-0.4, -0.2) is 12.7 Å². The maximum Gasteiger partial charge on any atom is 0.161 e. The zero-order valence-corrected chi connectivity index (χ0v) is 17.9. The van der Waals surface area contributed by atoms with Gasteiger partial charge in [-0.2, -0.15) is 0 Å². The van der Waals surface area contributed by atoms with Crippen molar-refractivity contribution in [3.05, 3.63) is 59.2 Å². The Morgan fingerprint density at radius 2 is 1.56 bits per heavy atom. The van der Waals surface area contributed by atoms with Crippen LogP contribution in [0.2, 0.25) is 0 Å². The van der Waals surface area contributed by atoms with Crippen LogP contribution in [0, 0.1) is 0 Å². The first-order valence-corrected chi connectivity index (χ1v) is 10.1. The smallest absolute Gasteiger partial charge is 0.161 e. The number of benzene rings is 2. The topological polar surface area (TPSA) is 18.5 Å². The maximum absolute atomic E-state index is 6.55. The first kappa shape index (κ1) is 19.8. The van der Waals surface area contributed by atoms with Gasteiger partial charge in [0.15, 0.2) is 11.5 Å². The van der Waals surface area contributed by atoms with E-state index in [0.717, 1.165) is 17.9 Å². The fourth-order valence-electron chi connectivity index (χ4n) is 3.96. The van der Waals surface area contributed by atoms with Gasteiger partial charge in [0.05, 0.1) is 6.61 Å². The van der Waals surface area contributed by atoms with Crippen molar-refractivity contribution in [2.24, 2.45) is 0 Å². The summed E-state index contributed by atoms with van der Waals surface area (Å²) in [5, 5.41) is 0. The summed E-state index contributed by atoms with van der Waals surface area (Å²) in [4.78, 5) is 0. The van der Waals surface area contributed by atoms with Gasteiger partial charge in [0, 0.05) is 11.8 Å². The molecule has 3 rings (SSSR count). The van der Waals surface area contributed by atoms with Crippen molar-refractivity contribution < 1.29 is 9.47 Å². The Bertz CT molecular complexity index is 796. The summed E-state index contributed by atoms with van der Waals surface area (Å²) in [6.07, 6.45) is 0.934. The summed E-state index contributed by atoms with van der Waals surface area (Å²) < 4.78 is 12.6. The van der Waals surface area contributed by atoms with Crippen LogP contribution in [0.1, 0.15) is 77.5 Å². The van der Waals surface area contributed by atoms with E-state index in [0.29, 0.717) is 12.5 Å². The van der Waals surface area contributed by atoms with Crippen LogP contribution in [-0.2, 0) is 10.8 Å². The highest BCUT2D eigenvalue weighted by molar-refractivity contribution is 5.45. The highest BCUT2D eigenvalue weighted by atomic mass is 16.5. The highest BCUT2D eigenvalue weighted by Crippen LogP contribution is 2.41. The van der Waals surface area contributed by atoms with Crippen molar-refractivity contribution >= 4 is 0 Å². The second kappa shape index (κ2) is 7.22. The van der Waals surface area contributed by atoms with E-state index in [-0.39, 0.29) is 16.9 Å². The van der Waals surface area contributed by atoms with Crippen molar-refractivity contribution in [3.8, 4) is 11.5 Å². The van der Waals surface area contributed by atoms with E-state index in [1.165, 1.54) is 16.7 Å². The van der Waals surface area contributed by atoms with Crippen LogP contribution in [0.25, 0.3) is 0 Å². The molecule has 0 amide bonds. The van der Waals surface area contributed by atoms with Gasteiger partial charge in [-0.15, -0.1) is 0 Å². The normalized spacial score (nSPS) is 17.7. The maximum atomic E-state index is 6.55. The van der Waals surface area contributed by atoms with Crippen LogP contribution in [0.15, 0.2) is 42.5 Å². The molecule has 0 N–H and O–H groups in total. The molecule has 1 atom stereocenters. The zero-order valence-electron chi connectivity index (χ0n) is 17.9. The second-order valence-electron chi connectivity index (χ2n) is 9.62. The predicted molar refractivity (Wildman–Crippen MR) is 113 cm³/mol. The fraction of sp³-hybridized carbons (Fsp3) is 0.520. The second-order valence-corrected chi connectivity index (χ2v) is 9.62. The molecule has 2 aromatic carbocycles. The fourth-order valence-corrected chi connectivity index (χ4v) is 3.96. The molecule has 0 radical (unpaired) electrons. The summed E-state index contributed by atoms with van der Waals surface area (Å²) >= 11 is 0. The monoisotopic (exact) mass is 366 g/mol. The van der Waals surface area contributed by atoms with Gasteiger partial charge in [0.2, 0.25) is 0 Å². The van der Waals surface area contributed by atoms with Crippen LogP contribution in [0.3, 0.4) is 0 Å². The summed E-state index contributed by atoms with van der Waals surface area (Å²) in [6.45, 7) is 16.5. The lowest BCUT2D eigenvalue weighted by molar-refractivity contribution is 0.116. The molecule has 146 valence electrons. The van der Waals surface area contributed by atoms with Crippen LogP contribution >= 0.6 is 0 Å². The van der Waals surface area contributed by atoms with Gasteiger partial charge in [0.1, 0.15) is 6.10 Å². The lowest BCUT2D eigenvalue weighted by atomic mass is 9.71. The van der Waals surface area contributed by atoms with Crippen molar-refractivity contribution in [2.45, 2.75) is 77.7 Å². The molecular formula is C25H34O2. The molecule has 0 fully saturated rings. The molecule has 2 heteroatoms. The number of hydrogen-bond acceptors (Lipinski definition) is 2. The molecular weight excluding hydrogens is 332 g/mol. The van der Waals surface area contributed by atoms with Crippen LogP contribution < -0.4 is 9.47 Å². The lowest BCUT2D eigenvalue weighted by Gasteiger charge is -2.38. The van der Waals surface area contributed by atoms with Gasteiger partial charge in [-0.05, 0) is 40.2 Å². The van der Waals surface area contributed by atoms with E-state index in [9.17, 15) is 0 Å². The van der Waals surface area contributed by atoms with E-state index in [1.807, 2.05) is 0 Å². The number of rotatable bonds is 3. The lowest BCUT2D eigenvalue weighted by Crippen LogP contribution is -2.40. The molecule has 1 aliphatic rings. The molecule has 0 aliphatic carbocycles. The average Bonchev–Trinajstić information content (AvgIpc) is 2.83. The van der Waals surface area contributed by atoms with E-state index in [4.69, 9.17) is 9.47 Å². The molecule has 2 aromatic rings. The largest absolute Gasteiger partial charge is 0.490 e. The molecule has 1 heterocycles. The van der Waals surface area contributed by atoms with Gasteiger partial charge in [-0.25, -0.2) is 0 Å². The third-order valence-corrected chi connectivity index (χ3v) is 5.78. The summed E-state index contributed by atoms with van der Waals surface area (Å²) in [5.74, 6) is 2.22. The van der Waals surface area contributed by atoms with Crippen molar-refractivity contribution in [1.82, 2.24) is 0 Å². The Morgan fingerprint density at radius 1 is 0.889 bits per heavy atom.